The van der Waals surface area contributed by atoms with Gasteiger partial charge in [0.05, 0.1) is 6.61 Å². The van der Waals surface area contributed by atoms with Crippen molar-refractivity contribution in [2.75, 3.05) is 25.0 Å². The molecule has 0 unspecified atom stereocenters. The predicted molar refractivity (Wildman–Crippen MR) is 145 cm³/mol. The topological polar surface area (TPSA) is 93.5 Å². The molecule has 38 heavy (non-hydrogen) atoms. The number of benzene rings is 2. The highest BCUT2D eigenvalue weighted by Gasteiger charge is 2.26. The second-order valence-electron chi connectivity index (χ2n) is 9.44. The molecular weight excluding hydrogens is 480 g/mol. The van der Waals surface area contributed by atoms with Crippen LogP contribution < -0.4 is 5.32 Å². The lowest BCUT2D eigenvalue weighted by Gasteiger charge is -2.32. The molecule has 1 saturated heterocycles. The predicted octanol–water partition coefficient (Wildman–Crippen LogP) is 5.02. The van der Waals surface area contributed by atoms with Crippen molar-refractivity contribution in [1.29, 1.82) is 0 Å². The minimum absolute atomic E-state index is 0.0717. The van der Waals surface area contributed by atoms with Crippen molar-refractivity contribution in [3.63, 3.8) is 0 Å². The Kier molecular flexibility index (Phi) is 7.22. The number of aryl methyl sites for hydroxylation is 1. The van der Waals surface area contributed by atoms with Crippen molar-refractivity contribution in [3.05, 3.63) is 95.4 Å². The summed E-state index contributed by atoms with van der Waals surface area (Å²) in [4.78, 5) is 43.8. The lowest BCUT2D eigenvalue weighted by Crippen LogP contribution is -2.38. The standard InChI is InChI=1S/C30H30N4O4/c1-3-38-30(37)25-18-23(12-15-31-25)28(35)32-24-10-8-20(9-11-24)21-13-16-34(17-14-21)29(36)27-19-22-6-4-5-7-26(22)33(27)2/h4-12,15,18-19,21H,3,13-14,16-17H2,1-2H3,(H,32,35). The minimum atomic E-state index is -0.559. The maximum Gasteiger partial charge on any atom is 0.356 e. The zero-order chi connectivity index (χ0) is 26.6. The van der Waals surface area contributed by atoms with Gasteiger partial charge < -0.3 is 19.5 Å². The number of pyridine rings is 1. The fraction of sp³-hybridized carbons (Fsp3) is 0.267. The summed E-state index contributed by atoms with van der Waals surface area (Å²) in [6.45, 7) is 3.36. The number of anilines is 1. The maximum absolute atomic E-state index is 13.2. The number of carbonyl (C=O) groups is 3. The monoisotopic (exact) mass is 510 g/mol. The molecule has 8 nitrogen and oxygen atoms in total. The molecule has 2 aromatic heterocycles. The SMILES string of the molecule is CCOC(=O)c1cc(C(=O)Nc2ccc(C3CCN(C(=O)c4cc5ccccc5n4C)CC3)cc2)ccn1. The van der Waals surface area contributed by atoms with E-state index in [9.17, 15) is 14.4 Å². The molecule has 4 aromatic rings. The number of hydrogen-bond acceptors (Lipinski definition) is 5. The van der Waals surface area contributed by atoms with Gasteiger partial charge in [0.2, 0.25) is 0 Å². The highest BCUT2D eigenvalue weighted by molar-refractivity contribution is 6.05. The van der Waals surface area contributed by atoms with E-state index in [0.717, 1.165) is 23.7 Å². The molecule has 2 amide bonds. The molecule has 5 rings (SSSR count). The quantitative estimate of drug-likeness (QED) is 0.368. The van der Waals surface area contributed by atoms with Crippen molar-refractivity contribution in [1.82, 2.24) is 14.5 Å². The van der Waals surface area contributed by atoms with Crippen molar-refractivity contribution in [2.24, 2.45) is 7.05 Å². The first-order valence-corrected chi connectivity index (χ1v) is 12.8. The van der Waals surface area contributed by atoms with Crippen molar-refractivity contribution in [3.8, 4) is 0 Å². The number of amides is 2. The largest absolute Gasteiger partial charge is 0.461 e. The molecular formula is C30H30N4O4. The van der Waals surface area contributed by atoms with E-state index >= 15 is 0 Å². The van der Waals surface area contributed by atoms with E-state index in [2.05, 4.69) is 10.3 Å². The van der Waals surface area contributed by atoms with Crippen LogP contribution in [0.25, 0.3) is 10.9 Å². The van der Waals surface area contributed by atoms with Crippen LogP contribution in [0.4, 0.5) is 5.69 Å². The summed E-state index contributed by atoms with van der Waals surface area (Å²) in [6, 6.07) is 20.8. The second-order valence-corrected chi connectivity index (χ2v) is 9.44. The number of fused-ring (bicyclic) bond motifs is 1. The maximum atomic E-state index is 13.2. The summed E-state index contributed by atoms with van der Waals surface area (Å²) in [5.41, 5.74) is 4.05. The first-order valence-electron chi connectivity index (χ1n) is 12.8. The Bertz CT molecular complexity index is 1480. The number of nitrogens with zero attached hydrogens (tertiary/aromatic N) is 3. The zero-order valence-corrected chi connectivity index (χ0v) is 21.5. The van der Waals surface area contributed by atoms with Crippen LogP contribution in [0.15, 0.2) is 72.9 Å². The molecule has 0 atom stereocenters. The van der Waals surface area contributed by atoms with Crippen LogP contribution in [0.1, 0.15) is 62.6 Å². The van der Waals surface area contributed by atoms with Gasteiger partial charge in [-0.3, -0.25) is 9.59 Å². The number of piperidine rings is 1. The van der Waals surface area contributed by atoms with E-state index < -0.39 is 5.97 Å². The highest BCUT2D eigenvalue weighted by atomic mass is 16.5. The molecule has 2 aromatic carbocycles. The van der Waals surface area contributed by atoms with Crippen LogP contribution in [0.5, 0.6) is 0 Å². The van der Waals surface area contributed by atoms with E-state index in [1.54, 1.807) is 13.0 Å². The summed E-state index contributed by atoms with van der Waals surface area (Å²) in [7, 11) is 1.94. The molecule has 1 aliphatic heterocycles. The van der Waals surface area contributed by atoms with Gasteiger partial charge in [0.1, 0.15) is 11.4 Å². The highest BCUT2D eigenvalue weighted by Crippen LogP contribution is 2.30. The number of carbonyl (C=O) groups excluding carboxylic acids is 3. The average Bonchev–Trinajstić information content (AvgIpc) is 3.29. The van der Waals surface area contributed by atoms with Crippen LogP contribution >= 0.6 is 0 Å². The Labute approximate surface area is 221 Å². The van der Waals surface area contributed by atoms with Crippen molar-refractivity contribution in [2.45, 2.75) is 25.7 Å². The lowest BCUT2D eigenvalue weighted by molar-refractivity contribution is 0.0519. The Morgan fingerprint density at radius 2 is 1.74 bits per heavy atom. The molecule has 1 fully saturated rings. The number of ether oxygens (including phenoxy) is 1. The van der Waals surface area contributed by atoms with Gasteiger partial charge in [0.15, 0.2) is 0 Å². The molecule has 194 valence electrons. The minimum Gasteiger partial charge on any atom is -0.461 e. The van der Waals surface area contributed by atoms with Gasteiger partial charge in [-0.15, -0.1) is 0 Å². The smallest absolute Gasteiger partial charge is 0.356 e. The Morgan fingerprint density at radius 3 is 2.45 bits per heavy atom. The first-order chi connectivity index (χ1) is 18.4. The summed E-state index contributed by atoms with van der Waals surface area (Å²) in [6.07, 6.45) is 3.19. The number of aromatic nitrogens is 2. The van der Waals surface area contributed by atoms with Crippen LogP contribution in [0.3, 0.4) is 0 Å². The Hall–Kier alpha value is -4.46. The van der Waals surface area contributed by atoms with Gasteiger partial charge in [-0.25, -0.2) is 9.78 Å². The number of para-hydroxylation sites is 1. The van der Waals surface area contributed by atoms with Gasteiger partial charge >= 0.3 is 5.97 Å². The van der Waals surface area contributed by atoms with Crippen LogP contribution in [-0.2, 0) is 11.8 Å². The zero-order valence-electron chi connectivity index (χ0n) is 21.5. The molecule has 0 saturated carbocycles. The third kappa shape index (κ3) is 5.16. The van der Waals surface area contributed by atoms with Gasteiger partial charge in [-0.05, 0) is 67.6 Å². The van der Waals surface area contributed by atoms with Gasteiger partial charge in [-0.2, -0.15) is 0 Å². The molecule has 1 aliphatic rings. The number of hydrogen-bond donors (Lipinski definition) is 1. The number of likely N-dealkylation sites (tertiary alicyclic amines) is 1. The van der Waals surface area contributed by atoms with Gasteiger partial charge in [0.25, 0.3) is 11.8 Å². The third-order valence-electron chi connectivity index (χ3n) is 7.10. The molecule has 0 spiro atoms. The van der Waals surface area contributed by atoms with E-state index in [1.807, 2.05) is 71.1 Å². The van der Waals surface area contributed by atoms with E-state index in [4.69, 9.17) is 4.74 Å². The fourth-order valence-corrected chi connectivity index (χ4v) is 5.00. The number of nitrogens with one attached hydrogen (secondary N) is 1. The molecule has 8 heteroatoms. The third-order valence-corrected chi connectivity index (χ3v) is 7.10. The lowest BCUT2D eigenvalue weighted by atomic mass is 9.89. The summed E-state index contributed by atoms with van der Waals surface area (Å²) < 4.78 is 6.93. The van der Waals surface area contributed by atoms with E-state index in [-0.39, 0.29) is 24.1 Å². The first kappa shape index (κ1) is 25.2. The molecule has 0 aliphatic carbocycles. The van der Waals surface area contributed by atoms with Crippen molar-refractivity contribution < 1.29 is 19.1 Å². The summed E-state index contributed by atoms with van der Waals surface area (Å²) >= 11 is 0. The Balaban J connectivity index is 1.18. The normalized spacial score (nSPS) is 13.9. The summed E-state index contributed by atoms with van der Waals surface area (Å²) in [5, 5.41) is 3.94. The fourth-order valence-electron chi connectivity index (χ4n) is 5.00. The molecule has 0 bridgehead atoms. The van der Waals surface area contributed by atoms with Crippen molar-refractivity contribution >= 4 is 34.4 Å². The van der Waals surface area contributed by atoms with Gasteiger partial charge in [0, 0.05) is 48.5 Å². The molecule has 0 radical (unpaired) electrons. The molecule has 1 N–H and O–H groups in total. The van der Waals surface area contributed by atoms with Crippen LogP contribution in [-0.4, -0.2) is 51.9 Å². The second kappa shape index (κ2) is 10.9. The van der Waals surface area contributed by atoms with Crippen LogP contribution in [0, 0.1) is 0 Å². The Morgan fingerprint density at radius 1 is 1.00 bits per heavy atom. The number of esters is 1. The van der Waals surface area contributed by atoms with Gasteiger partial charge in [-0.1, -0.05) is 30.3 Å². The van der Waals surface area contributed by atoms with E-state index in [1.165, 1.54) is 17.8 Å². The van der Waals surface area contributed by atoms with Crippen LogP contribution in [0.2, 0.25) is 0 Å². The summed E-state index contributed by atoms with van der Waals surface area (Å²) in [5.74, 6) is -0.465. The number of rotatable bonds is 6. The average molecular weight is 511 g/mol. The molecule has 3 heterocycles. The van der Waals surface area contributed by atoms with E-state index in [0.29, 0.717) is 36.0 Å².